The van der Waals surface area contributed by atoms with Crippen molar-refractivity contribution in [2.75, 3.05) is 6.54 Å². The summed E-state index contributed by atoms with van der Waals surface area (Å²) in [6, 6.07) is 4.95. The fourth-order valence-corrected chi connectivity index (χ4v) is 2.59. The maximum absolute atomic E-state index is 12.6. The first-order valence-corrected chi connectivity index (χ1v) is 9.25. The molecule has 2 atom stereocenters. The van der Waals surface area contributed by atoms with Gasteiger partial charge < -0.3 is 14.8 Å². The quantitative estimate of drug-likeness (QED) is 0.485. The minimum atomic E-state index is -4.37. The van der Waals surface area contributed by atoms with Gasteiger partial charge in [-0.15, -0.1) is 6.58 Å². The number of amides is 1. The summed E-state index contributed by atoms with van der Waals surface area (Å²) in [7, 11) is 0. The van der Waals surface area contributed by atoms with Crippen molar-refractivity contribution in [3.63, 3.8) is 0 Å². The van der Waals surface area contributed by atoms with Crippen LogP contribution in [0.5, 0.6) is 0 Å². The lowest BCUT2D eigenvalue weighted by molar-refractivity contribution is -0.147. The van der Waals surface area contributed by atoms with Gasteiger partial charge in [0.05, 0.1) is 11.7 Å². The Labute approximate surface area is 169 Å². The van der Waals surface area contributed by atoms with Crippen LogP contribution in [-0.4, -0.2) is 30.3 Å². The Morgan fingerprint density at radius 1 is 1.17 bits per heavy atom. The van der Waals surface area contributed by atoms with Gasteiger partial charge in [-0.3, -0.25) is 4.79 Å². The summed E-state index contributed by atoms with van der Waals surface area (Å²) >= 11 is 0. The summed E-state index contributed by atoms with van der Waals surface area (Å²) < 4.78 is 48.2. The van der Waals surface area contributed by atoms with Crippen molar-refractivity contribution in [1.29, 1.82) is 0 Å². The first-order valence-electron chi connectivity index (χ1n) is 9.25. The number of alkyl halides is 3. The number of rotatable bonds is 8. The van der Waals surface area contributed by atoms with Crippen molar-refractivity contribution >= 4 is 12.1 Å². The van der Waals surface area contributed by atoms with Crippen LogP contribution in [0.3, 0.4) is 0 Å². The highest BCUT2D eigenvalue weighted by atomic mass is 19.4. The van der Waals surface area contributed by atoms with Crippen LogP contribution in [0.4, 0.5) is 18.0 Å². The molecular formula is C21H28F3NO4. The molecule has 1 aromatic rings. The van der Waals surface area contributed by atoms with Gasteiger partial charge >= 0.3 is 18.2 Å². The van der Waals surface area contributed by atoms with E-state index in [-0.39, 0.29) is 12.5 Å². The molecule has 0 heterocycles. The number of hydrogen-bond donors (Lipinski definition) is 1. The molecule has 0 saturated heterocycles. The Balaban J connectivity index is 2.48. The number of ether oxygens (including phenoxy) is 2. The zero-order valence-electron chi connectivity index (χ0n) is 17.1. The second-order valence-corrected chi connectivity index (χ2v) is 7.79. The molecule has 29 heavy (non-hydrogen) atoms. The van der Waals surface area contributed by atoms with Crippen LogP contribution in [0.2, 0.25) is 0 Å². The van der Waals surface area contributed by atoms with Crippen LogP contribution in [0.15, 0.2) is 36.9 Å². The van der Waals surface area contributed by atoms with E-state index in [1.54, 1.807) is 33.8 Å². The van der Waals surface area contributed by atoms with Crippen molar-refractivity contribution in [1.82, 2.24) is 5.32 Å². The molecule has 5 nitrogen and oxygen atoms in total. The van der Waals surface area contributed by atoms with Gasteiger partial charge in [-0.1, -0.05) is 18.2 Å². The Kier molecular flexibility index (Phi) is 8.73. The number of carbonyl (C=O) groups is 2. The molecule has 0 aliphatic heterocycles. The first-order chi connectivity index (χ1) is 13.3. The van der Waals surface area contributed by atoms with Gasteiger partial charge in [-0.05, 0) is 64.2 Å². The molecule has 0 spiro atoms. The van der Waals surface area contributed by atoms with Gasteiger partial charge in [0, 0.05) is 0 Å². The first kappa shape index (κ1) is 24.5. The van der Waals surface area contributed by atoms with Crippen LogP contribution < -0.4 is 5.32 Å². The second-order valence-electron chi connectivity index (χ2n) is 7.79. The standard InChI is InChI=1S/C21H28F3NO4/c1-6-15(12-16-7-9-17(10-8-16)21(22,23)24)11-14(2)28-18(26)13-25-19(27)29-20(3,4)5/h6-10,14-15H,1,11-13H2,2-5H3,(H,25,27). The summed E-state index contributed by atoms with van der Waals surface area (Å²) in [5, 5.41) is 2.32. The van der Waals surface area contributed by atoms with E-state index in [2.05, 4.69) is 11.9 Å². The van der Waals surface area contributed by atoms with E-state index in [1.165, 1.54) is 12.1 Å². The van der Waals surface area contributed by atoms with E-state index in [4.69, 9.17) is 9.47 Å². The predicted octanol–water partition coefficient (Wildman–Crippen LogP) is 4.90. The van der Waals surface area contributed by atoms with Gasteiger partial charge in [-0.2, -0.15) is 13.2 Å². The van der Waals surface area contributed by atoms with Crippen molar-refractivity contribution < 1.29 is 32.2 Å². The maximum atomic E-state index is 12.6. The Bertz CT molecular complexity index is 693. The second kappa shape index (κ2) is 10.3. The summed E-state index contributed by atoms with van der Waals surface area (Å²) in [4.78, 5) is 23.4. The molecule has 0 aromatic heterocycles. The predicted molar refractivity (Wildman–Crippen MR) is 103 cm³/mol. The highest BCUT2D eigenvalue weighted by molar-refractivity contribution is 5.78. The van der Waals surface area contributed by atoms with E-state index in [0.717, 1.165) is 17.7 Å². The molecule has 0 saturated carbocycles. The van der Waals surface area contributed by atoms with Crippen LogP contribution >= 0.6 is 0 Å². The smallest absolute Gasteiger partial charge is 0.416 e. The molecule has 0 aliphatic rings. The Hall–Kier alpha value is -2.51. The van der Waals surface area contributed by atoms with Crippen LogP contribution in [0.1, 0.15) is 45.2 Å². The number of nitrogens with one attached hydrogen (secondary N) is 1. The molecule has 0 aliphatic carbocycles. The molecular weight excluding hydrogens is 387 g/mol. The Morgan fingerprint density at radius 2 is 1.76 bits per heavy atom. The number of allylic oxidation sites excluding steroid dienone is 1. The summed E-state index contributed by atoms with van der Waals surface area (Å²) in [5.41, 5.74) is -0.638. The minimum absolute atomic E-state index is 0.0895. The van der Waals surface area contributed by atoms with Crippen LogP contribution in [0, 0.1) is 5.92 Å². The largest absolute Gasteiger partial charge is 0.461 e. The molecule has 1 aromatic carbocycles. The van der Waals surface area contributed by atoms with Crippen molar-refractivity contribution in [3.8, 4) is 0 Å². The van der Waals surface area contributed by atoms with Crippen molar-refractivity contribution in [2.24, 2.45) is 5.92 Å². The van der Waals surface area contributed by atoms with E-state index < -0.39 is 35.5 Å². The normalized spacial score (nSPS) is 13.9. The number of esters is 1. The van der Waals surface area contributed by atoms with E-state index in [1.807, 2.05) is 0 Å². The third-order valence-electron chi connectivity index (χ3n) is 3.86. The lowest BCUT2D eigenvalue weighted by Gasteiger charge is -2.21. The molecule has 2 unspecified atom stereocenters. The van der Waals surface area contributed by atoms with Crippen molar-refractivity contribution in [2.45, 2.75) is 58.4 Å². The maximum Gasteiger partial charge on any atom is 0.416 e. The molecule has 0 bridgehead atoms. The van der Waals surface area contributed by atoms with Gasteiger partial charge in [0.15, 0.2) is 0 Å². The number of benzene rings is 1. The molecule has 162 valence electrons. The Morgan fingerprint density at radius 3 is 2.24 bits per heavy atom. The highest BCUT2D eigenvalue weighted by Crippen LogP contribution is 2.29. The van der Waals surface area contributed by atoms with E-state index >= 15 is 0 Å². The van der Waals surface area contributed by atoms with Crippen LogP contribution in [-0.2, 0) is 26.9 Å². The highest BCUT2D eigenvalue weighted by Gasteiger charge is 2.30. The molecule has 8 heteroatoms. The van der Waals surface area contributed by atoms with Gasteiger partial charge in [-0.25, -0.2) is 4.79 Å². The van der Waals surface area contributed by atoms with E-state index in [0.29, 0.717) is 12.8 Å². The molecule has 1 amide bonds. The number of halogens is 3. The summed E-state index contributed by atoms with van der Waals surface area (Å²) in [6.45, 7) is 10.2. The average molecular weight is 415 g/mol. The molecule has 1 rings (SSSR count). The van der Waals surface area contributed by atoms with Crippen LogP contribution in [0.25, 0.3) is 0 Å². The topological polar surface area (TPSA) is 64.6 Å². The third-order valence-corrected chi connectivity index (χ3v) is 3.86. The van der Waals surface area contributed by atoms with E-state index in [9.17, 15) is 22.8 Å². The lowest BCUT2D eigenvalue weighted by Crippen LogP contribution is -2.36. The number of hydrogen-bond acceptors (Lipinski definition) is 4. The average Bonchev–Trinajstić information content (AvgIpc) is 2.57. The van der Waals surface area contributed by atoms with Gasteiger partial charge in [0.25, 0.3) is 0 Å². The SMILES string of the molecule is C=CC(Cc1ccc(C(F)(F)F)cc1)CC(C)OC(=O)CNC(=O)OC(C)(C)C. The molecule has 0 radical (unpaired) electrons. The van der Waals surface area contributed by atoms with Crippen molar-refractivity contribution in [3.05, 3.63) is 48.0 Å². The summed E-state index contributed by atoms with van der Waals surface area (Å²) in [6.07, 6.45) is -2.94. The third kappa shape index (κ3) is 10.0. The fourth-order valence-electron chi connectivity index (χ4n) is 2.59. The zero-order chi connectivity index (χ0) is 22.2. The minimum Gasteiger partial charge on any atom is -0.461 e. The molecule has 1 N–H and O–H groups in total. The molecule has 0 fully saturated rings. The number of alkyl carbamates (subject to hydrolysis) is 1. The number of carbonyl (C=O) groups excluding carboxylic acids is 2. The van der Waals surface area contributed by atoms with Gasteiger partial charge in [0.1, 0.15) is 12.1 Å². The zero-order valence-corrected chi connectivity index (χ0v) is 17.1. The monoisotopic (exact) mass is 415 g/mol. The summed E-state index contributed by atoms with van der Waals surface area (Å²) in [5.74, 6) is -0.700. The fraction of sp³-hybridized carbons (Fsp3) is 0.524. The lowest BCUT2D eigenvalue weighted by atomic mass is 9.93. The van der Waals surface area contributed by atoms with Gasteiger partial charge in [0.2, 0.25) is 0 Å².